The number of alkyl halides is 3. The van der Waals surface area contributed by atoms with Crippen LogP contribution in [0.5, 0.6) is 0 Å². The van der Waals surface area contributed by atoms with Gasteiger partial charge in [0, 0.05) is 13.1 Å². The molecule has 0 aliphatic carbocycles. The fraction of sp³-hybridized carbons (Fsp3) is 0.500. The zero-order valence-electron chi connectivity index (χ0n) is 9.65. The molecule has 1 aromatic rings. The van der Waals surface area contributed by atoms with Gasteiger partial charge in [-0.1, -0.05) is 6.08 Å². The summed E-state index contributed by atoms with van der Waals surface area (Å²) in [5, 5.41) is 8.89. The summed E-state index contributed by atoms with van der Waals surface area (Å²) in [5.74, 6) is -2.05. The van der Waals surface area contributed by atoms with Crippen molar-refractivity contribution in [2.45, 2.75) is 12.6 Å². The Morgan fingerprint density at radius 3 is 2.74 bits per heavy atom. The van der Waals surface area contributed by atoms with Gasteiger partial charge in [-0.05, 0) is 23.5 Å². The van der Waals surface area contributed by atoms with E-state index in [4.69, 9.17) is 5.11 Å². The van der Waals surface area contributed by atoms with Crippen LogP contribution in [0.4, 0.5) is 13.2 Å². The summed E-state index contributed by atoms with van der Waals surface area (Å²) in [6.07, 6.45) is -2.35. The lowest BCUT2D eigenvalue weighted by molar-refractivity contribution is -0.144. The molecule has 19 heavy (non-hydrogen) atoms. The minimum absolute atomic E-state index is 0.0757. The lowest BCUT2D eigenvalue weighted by Crippen LogP contribution is -2.33. The van der Waals surface area contributed by atoms with Gasteiger partial charge in [0.05, 0.1) is 6.54 Å². The molecule has 0 amide bonds. The van der Waals surface area contributed by atoms with Gasteiger partial charge in [-0.25, -0.2) is 4.98 Å². The highest BCUT2D eigenvalue weighted by Crippen LogP contribution is 2.31. The lowest BCUT2D eigenvalue weighted by Gasteiger charge is -2.23. The third kappa shape index (κ3) is 3.51. The van der Waals surface area contributed by atoms with E-state index in [1.54, 1.807) is 11.0 Å². The van der Waals surface area contributed by atoms with Gasteiger partial charge in [-0.3, -0.25) is 9.69 Å². The predicted octanol–water partition coefficient (Wildman–Crippen LogP) is 1.73. The molecule has 104 valence electrons. The Hall–Kier alpha value is -1.48. The van der Waals surface area contributed by atoms with E-state index >= 15 is 0 Å². The SMILES string of the molecule is O=C(O)CN1CC=C(c2nc(C(F)(F)F)ns2)CC1. The van der Waals surface area contributed by atoms with E-state index in [0.717, 1.165) is 0 Å². The maximum atomic E-state index is 12.4. The van der Waals surface area contributed by atoms with Crippen LogP contribution in [0, 0.1) is 0 Å². The number of carboxylic acids is 1. The zero-order valence-corrected chi connectivity index (χ0v) is 10.5. The Labute approximate surface area is 110 Å². The number of aromatic nitrogens is 2. The fourth-order valence-electron chi connectivity index (χ4n) is 1.71. The maximum absolute atomic E-state index is 12.4. The van der Waals surface area contributed by atoms with Crippen LogP contribution >= 0.6 is 11.5 Å². The van der Waals surface area contributed by atoms with Crippen molar-refractivity contribution in [1.82, 2.24) is 14.3 Å². The molecule has 0 spiro atoms. The van der Waals surface area contributed by atoms with E-state index in [1.807, 2.05) is 0 Å². The molecule has 0 fully saturated rings. The molecule has 2 heterocycles. The normalized spacial score (nSPS) is 17.3. The fourth-order valence-corrected chi connectivity index (χ4v) is 2.46. The summed E-state index contributed by atoms with van der Waals surface area (Å²) in [5.41, 5.74) is 0.689. The van der Waals surface area contributed by atoms with Gasteiger partial charge < -0.3 is 5.11 Å². The van der Waals surface area contributed by atoms with Crippen LogP contribution in [0.3, 0.4) is 0 Å². The summed E-state index contributed by atoms with van der Waals surface area (Å²) < 4.78 is 40.4. The van der Waals surface area contributed by atoms with Crippen LogP contribution in [0.2, 0.25) is 0 Å². The Balaban J connectivity index is 2.06. The molecular weight excluding hydrogens is 283 g/mol. The van der Waals surface area contributed by atoms with E-state index in [-0.39, 0.29) is 11.6 Å². The molecule has 0 atom stereocenters. The number of carboxylic acid groups (broad SMARTS) is 1. The number of carbonyl (C=O) groups is 1. The molecule has 2 rings (SSSR count). The second-order valence-electron chi connectivity index (χ2n) is 4.03. The van der Waals surface area contributed by atoms with E-state index in [0.29, 0.717) is 36.6 Å². The predicted molar refractivity (Wildman–Crippen MR) is 61.6 cm³/mol. The van der Waals surface area contributed by atoms with Gasteiger partial charge in [0.2, 0.25) is 5.82 Å². The standard InChI is InChI=1S/C10H10F3N3O2S/c11-10(12,13)9-14-8(19-15-9)6-1-3-16(4-2-6)5-7(17)18/h1H,2-5H2,(H,17,18). The highest BCUT2D eigenvalue weighted by atomic mass is 32.1. The van der Waals surface area contributed by atoms with Crippen molar-refractivity contribution >= 4 is 23.1 Å². The molecule has 1 N–H and O–H groups in total. The van der Waals surface area contributed by atoms with Crippen molar-refractivity contribution in [2.75, 3.05) is 19.6 Å². The topological polar surface area (TPSA) is 66.3 Å². The molecule has 5 nitrogen and oxygen atoms in total. The summed E-state index contributed by atoms with van der Waals surface area (Å²) in [6.45, 7) is 0.801. The molecule has 0 saturated heterocycles. The van der Waals surface area contributed by atoms with E-state index in [1.165, 1.54) is 0 Å². The van der Waals surface area contributed by atoms with Gasteiger partial charge in [-0.2, -0.15) is 17.5 Å². The first-order valence-corrected chi connectivity index (χ1v) is 6.18. The van der Waals surface area contributed by atoms with Crippen molar-refractivity contribution in [3.8, 4) is 0 Å². The van der Waals surface area contributed by atoms with Gasteiger partial charge in [0.1, 0.15) is 5.01 Å². The van der Waals surface area contributed by atoms with E-state index in [9.17, 15) is 18.0 Å². The first kappa shape index (κ1) is 13.9. The zero-order chi connectivity index (χ0) is 14.0. The number of hydrogen-bond acceptors (Lipinski definition) is 5. The van der Waals surface area contributed by atoms with Gasteiger partial charge in [0.15, 0.2) is 0 Å². The number of rotatable bonds is 3. The van der Waals surface area contributed by atoms with Crippen molar-refractivity contribution in [1.29, 1.82) is 0 Å². The molecule has 1 aliphatic rings. The Bertz CT molecular complexity index is 512. The number of aliphatic carboxylic acids is 1. The average Bonchev–Trinajstić information content (AvgIpc) is 2.78. The molecule has 0 aromatic carbocycles. The number of halogens is 3. The molecule has 0 unspecified atom stereocenters. The lowest BCUT2D eigenvalue weighted by atomic mass is 10.1. The summed E-state index contributed by atoms with van der Waals surface area (Å²) in [7, 11) is 0. The van der Waals surface area contributed by atoms with Gasteiger partial charge in [0.25, 0.3) is 0 Å². The summed E-state index contributed by atoms with van der Waals surface area (Å²) in [4.78, 5) is 15.7. The Morgan fingerprint density at radius 2 is 2.26 bits per heavy atom. The second-order valence-corrected chi connectivity index (χ2v) is 4.78. The molecule has 9 heteroatoms. The van der Waals surface area contributed by atoms with Crippen LogP contribution in [-0.2, 0) is 11.0 Å². The molecule has 0 saturated carbocycles. The third-order valence-corrected chi connectivity index (χ3v) is 3.40. The largest absolute Gasteiger partial charge is 0.480 e. The summed E-state index contributed by atoms with van der Waals surface area (Å²) in [6, 6.07) is 0. The van der Waals surface area contributed by atoms with Crippen LogP contribution < -0.4 is 0 Å². The molecule has 1 aromatic heterocycles. The first-order chi connectivity index (χ1) is 8.86. The van der Waals surface area contributed by atoms with Crippen molar-refractivity contribution in [3.63, 3.8) is 0 Å². The van der Waals surface area contributed by atoms with E-state index in [2.05, 4.69) is 9.36 Å². The van der Waals surface area contributed by atoms with E-state index < -0.39 is 18.0 Å². The Morgan fingerprint density at radius 1 is 1.53 bits per heavy atom. The average molecular weight is 293 g/mol. The quantitative estimate of drug-likeness (QED) is 0.919. The number of hydrogen-bond donors (Lipinski definition) is 1. The minimum Gasteiger partial charge on any atom is -0.480 e. The first-order valence-electron chi connectivity index (χ1n) is 5.40. The van der Waals surface area contributed by atoms with Crippen molar-refractivity contribution in [3.05, 3.63) is 16.9 Å². The van der Waals surface area contributed by atoms with Crippen molar-refractivity contribution < 1.29 is 23.1 Å². The van der Waals surface area contributed by atoms with Crippen LogP contribution in [-0.4, -0.2) is 45.0 Å². The second kappa shape index (κ2) is 5.25. The third-order valence-electron chi connectivity index (χ3n) is 2.61. The van der Waals surface area contributed by atoms with Crippen molar-refractivity contribution in [2.24, 2.45) is 0 Å². The smallest absolute Gasteiger partial charge is 0.452 e. The highest BCUT2D eigenvalue weighted by molar-refractivity contribution is 7.06. The summed E-state index contributed by atoms with van der Waals surface area (Å²) >= 11 is 0.714. The maximum Gasteiger partial charge on any atom is 0.452 e. The minimum atomic E-state index is -4.53. The molecule has 0 bridgehead atoms. The van der Waals surface area contributed by atoms with Crippen LogP contribution in [0.1, 0.15) is 17.3 Å². The highest BCUT2D eigenvalue weighted by Gasteiger charge is 2.36. The van der Waals surface area contributed by atoms with Gasteiger partial charge in [-0.15, -0.1) is 0 Å². The monoisotopic (exact) mass is 293 g/mol. The van der Waals surface area contributed by atoms with Gasteiger partial charge >= 0.3 is 12.1 Å². The Kier molecular flexibility index (Phi) is 3.85. The molecule has 0 radical (unpaired) electrons. The molecular formula is C10H10F3N3O2S. The number of nitrogens with zero attached hydrogens (tertiary/aromatic N) is 3. The molecule has 1 aliphatic heterocycles. The van der Waals surface area contributed by atoms with Crippen LogP contribution in [0.15, 0.2) is 6.08 Å². The van der Waals surface area contributed by atoms with Crippen LogP contribution in [0.25, 0.3) is 5.57 Å².